The summed E-state index contributed by atoms with van der Waals surface area (Å²) in [5.74, 6) is 0.847. The fraction of sp³-hybridized carbons (Fsp3) is 0.300. The van der Waals surface area contributed by atoms with Crippen LogP contribution in [0, 0.1) is 11.3 Å². The Balaban J connectivity index is 2.36. The zero-order chi connectivity index (χ0) is 11.5. The number of rotatable bonds is 3. The van der Waals surface area contributed by atoms with Gasteiger partial charge in [-0.05, 0) is 18.4 Å². The van der Waals surface area contributed by atoms with Crippen molar-refractivity contribution >= 4 is 11.3 Å². The average molecular weight is 235 g/mol. The first-order chi connectivity index (χ1) is 7.76. The van der Waals surface area contributed by atoms with E-state index in [0.717, 1.165) is 0 Å². The third-order valence-corrected chi connectivity index (χ3v) is 3.04. The number of nitrogens with zero attached hydrogens (tertiary/aromatic N) is 3. The van der Waals surface area contributed by atoms with Gasteiger partial charge in [-0.2, -0.15) is 10.2 Å². The summed E-state index contributed by atoms with van der Waals surface area (Å²) in [5, 5.41) is 14.5. The molecule has 2 heterocycles. The first kappa shape index (κ1) is 10.8. The van der Waals surface area contributed by atoms with Crippen molar-refractivity contribution in [2.75, 3.05) is 7.11 Å². The first-order valence-corrected chi connectivity index (χ1v) is 5.48. The molecule has 5 nitrogen and oxygen atoms in total. The van der Waals surface area contributed by atoms with E-state index in [0.29, 0.717) is 22.2 Å². The number of methoxy groups -OCH3 is 1. The predicted octanol–water partition coefficient (Wildman–Crippen LogP) is 2.38. The molecule has 6 heteroatoms. The zero-order valence-corrected chi connectivity index (χ0v) is 9.61. The highest BCUT2D eigenvalue weighted by Crippen LogP contribution is 2.28. The van der Waals surface area contributed by atoms with Crippen molar-refractivity contribution in [1.29, 1.82) is 5.26 Å². The van der Waals surface area contributed by atoms with E-state index in [9.17, 15) is 0 Å². The van der Waals surface area contributed by atoms with Crippen LogP contribution in [0.1, 0.15) is 24.4 Å². The summed E-state index contributed by atoms with van der Waals surface area (Å²) in [6, 6.07) is 3.80. The van der Waals surface area contributed by atoms with Gasteiger partial charge in [0.2, 0.25) is 5.82 Å². The van der Waals surface area contributed by atoms with Crippen LogP contribution < -0.4 is 0 Å². The zero-order valence-electron chi connectivity index (χ0n) is 8.80. The van der Waals surface area contributed by atoms with Crippen LogP contribution in [0.25, 0.3) is 10.8 Å². The molecule has 0 saturated carbocycles. The molecule has 2 rings (SSSR count). The third kappa shape index (κ3) is 1.83. The van der Waals surface area contributed by atoms with Gasteiger partial charge in [-0.15, -0.1) is 11.3 Å². The molecule has 0 aliphatic carbocycles. The van der Waals surface area contributed by atoms with Crippen LogP contribution in [0.5, 0.6) is 0 Å². The fourth-order valence-electron chi connectivity index (χ4n) is 1.16. The molecular weight excluding hydrogens is 226 g/mol. The molecule has 0 aliphatic rings. The summed E-state index contributed by atoms with van der Waals surface area (Å²) in [4.78, 5) is 4.89. The lowest BCUT2D eigenvalue weighted by Crippen LogP contribution is -1.97. The minimum absolute atomic E-state index is 0.219. The van der Waals surface area contributed by atoms with E-state index in [4.69, 9.17) is 14.5 Å². The van der Waals surface area contributed by atoms with Gasteiger partial charge in [-0.1, -0.05) is 5.16 Å². The van der Waals surface area contributed by atoms with Crippen LogP contribution in [0.3, 0.4) is 0 Å². The smallest absolute Gasteiger partial charge is 0.269 e. The Labute approximate surface area is 96.3 Å². The minimum atomic E-state index is -0.219. The van der Waals surface area contributed by atoms with Crippen LogP contribution in [0.2, 0.25) is 0 Å². The molecule has 0 aromatic carbocycles. The fourth-order valence-corrected chi connectivity index (χ4v) is 1.93. The van der Waals surface area contributed by atoms with Crippen molar-refractivity contribution in [1.82, 2.24) is 10.1 Å². The Morgan fingerprint density at radius 3 is 3.12 bits per heavy atom. The van der Waals surface area contributed by atoms with E-state index in [2.05, 4.69) is 16.2 Å². The lowest BCUT2D eigenvalue weighted by atomic mass is 10.3. The molecule has 0 amide bonds. The average Bonchev–Trinajstić information content (AvgIpc) is 2.95. The van der Waals surface area contributed by atoms with E-state index < -0.39 is 0 Å². The normalized spacial score (nSPS) is 12.3. The second-order valence-corrected chi connectivity index (χ2v) is 4.03. The standard InChI is InChI=1S/C10H9N3O2S/c1-6(14-2)9-12-10(15-13-9)8-7(5-11)3-4-16-8/h3-4,6H,1-2H3. The Hall–Kier alpha value is -1.71. The summed E-state index contributed by atoms with van der Waals surface area (Å²) in [5.41, 5.74) is 0.547. The molecule has 0 bridgehead atoms. The largest absolute Gasteiger partial charge is 0.374 e. The van der Waals surface area contributed by atoms with Gasteiger partial charge in [-0.3, -0.25) is 0 Å². The van der Waals surface area contributed by atoms with Crippen molar-refractivity contribution in [3.63, 3.8) is 0 Å². The summed E-state index contributed by atoms with van der Waals surface area (Å²) in [7, 11) is 1.58. The molecule has 1 unspecified atom stereocenters. The van der Waals surface area contributed by atoms with Crippen LogP contribution in [0.4, 0.5) is 0 Å². The van der Waals surface area contributed by atoms with Gasteiger partial charge < -0.3 is 9.26 Å². The summed E-state index contributed by atoms with van der Waals surface area (Å²) in [6.45, 7) is 1.83. The van der Waals surface area contributed by atoms with Crippen molar-refractivity contribution in [3.8, 4) is 16.8 Å². The van der Waals surface area contributed by atoms with Gasteiger partial charge in [-0.25, -0.2) is 0 Å². The molecule has 1 atom stereocenters. The van der Waals surface area contributed by atoms with Gasteiger partial charge in [0.15, 0.2) is 0 Å². The molecule has 16 heavy (non-hydrogen) atoms. The Kier molecular flexibility index (Phi) is 2.99. The molecular formula is C10H9N3O2S. The molecule has 2 aromatic rings. The lowest BCUT2D eigenvalue weighted by molar-refractivity contribution is 0.109. The second kappa shape index (κ2) is 4.43. The van der Waals surface area contributed by atoms with Crippen LogP contribution in [-0.4, -0.2) is 17.3 Å². The summed E-state index contributed by atoms with van der Waals surface area (Å²) in [6.07, 6.45) is -0.219. The lowest BCUT2D eigenvalue weighted by Gasteiger charge is -2.00. The van der Waals surface area contributed by atoms with E-state index in [1.807, 2.05) is 12.3 Å². The maximum Gasteiger partial charge on any atom is 0.269 e. The van der Waals surface area contributed by atoms with Gasteiger partial charge in [0.25, 0.3) is 5.89 Å². The highest BCUT2D eigenvalue weighted by molar-refractivity contribution is 7.13. The van der Waals surface area contributed by atoms with Crippen LogP contribution in [-0.2, 0) is 4.74 Å². The molecule has 0 radical (unpaired) electrons. The topological polar surface area (TPSA) is 71.9 Å². The maximum absolute atomic E-state index is 8.87. The first-order valence-electron chi connectivity index (χ1n) is 4.60. The molecule has 2 aromatic heterocycles. The number of nitriles is 1. The number of thiophene rings is 1. The number of ether oxygens (including phenoxy) is 1. The molecule has 0 spiro atoms. The number of hydrogen-bond acceptors (Lipinski definition) is 6. The number of aromatic nitrogens is 2. The summed E-state index contributed by atoms with van der Waals surface area (Å²) >= 11 is 1.40. The summed E-state index contributed by atoms with van der Waals surface area (Å²) < 4.78 is 10.2. The highest BCUT2D eigenvalue weighted by atomic mass is 32.1. The molecule has 0 saturated heterocycles. The highest BCUT2D eigenvalue weighted by Gasteiger charge is 2.17. The molecule has 0 N–H and O–H groups in total. The third-order valence-electron chi connectivity index (χ3n) is 2.14. The van der Waals surface area contributed by atoms with Crippen molar-refractivity contribution < 1.29 is 9.26 Å². The van der Waals surface area contributed by atoms with Crippen LogP contribution >= 0.6 is 11.3 Å². The second-order valence-electron chi connectivity index (χ2n) is 3.11. The van der Waals surface area contributed by atoms with Crippen molar-refractivity contribution in [2.45, 2.75) is 13.0 Å². The van der Waals surface area contributed by atoms with Gasteiger partial charge >= 0.3 is 0 Å². The molecule has 0 fully saturated rings. The van der Waals surface area contributed by atoms with Gasteiger partial charge in [0.05, 0.1) is 5.56 Å². The van der Waals surface area contributed by atoms with E-state index >= 15 is 0 Å². The van der Waals surface area contributed by atoms with Crippen molar-refractivity contribution in [3.05, 3.63) is 22.8 Å². The van der Waals surface area contributed by atoms with Crippen LogP contribution in [0.15, 0.2) is 16.0 Å². The predicted molar refractivity (Wildman–Crippen MR) is 57.8 cm³/mol. The minimum Gasteiger partial charge on any atom is -0.374 e. The quantitative estimate of drug-likeness (QED) is 0.816. The molecule has 82 valence electrons. The van der Waals surface area contributed by atoms with Crippen molar-refractivity contribution in [2.24, 2.45) is 0 Å². The van der Waals surface area contributed by atoms with E-state index in [1.54, 1.807) is 13.2 Å². The number of hydrogen-bond donors (Lipinski definition) is 0. The van der Waals surface area contributed by atoms with E-state index in [-0.39, 0.29) is 6.10 Å². The Bertz CT molecular complexity index is 526. The maximum atomic E-state index is 8.87. The SMILES string of the molecule is COC(C)c1noc(-c2sccc2C#N)n1. The monoisotopic (exact) mass is 235 g/mol. The Morgan fingerprint density at radius 2 is 2.44 bits per heavy atom. The van der Waals surface area contributed by atoms with Gasteiger partial charge in [0.1, 0.15) is 17.1 Å². The van der Waals surface area contributed by atoms with E-state index in [1.165, 1.54) is 11.3 Å². The molecule has 0 aliphatic heterocycles. The van der Waals surface area contributed by atoms with Gasteiger partial charge in [0, 0.05) is 7.11 Å². The Morgan fingerprint density at radius 1 is 1.62 bits per heavy atom.